The maximum atomic E-state index is 15.1. The van der Waals surface area contributed by atoms with Crippen molar-refractivity contribution in [3.05, 3.63) is 112 Å². The number of carbonyl (C=O) groups excluding carboxylic acids is 5. The minimum atomic E-state index is -4.46. The summed E-state index contributed by atoms with van der Waals surface area (Å²) in [5, 5.41) is 22.5. The third-order valence-corrected chi connectivity index (χ3v) is 13.3. The van der Waals surface area contributed by atoms with Gasteiger partial charge in [-0.1, -0.05) is 86.3 Å². The third-order valence-electron chi connectivity index (χ3n) is 11.3. The number of primary amides is 1. The molecule has 0 saturated carbocycles. The third kappa shape index (κ3) is 12.3. The summed E-state index contributed by atoms with van der Waals surface area (Å²) in [5.41, 5.74) is 12.1. The molecule has 64 heavy (non-hydrogen) atoms. The number of unbranched alkanes of at least 4 members (excludes halogenated alkanes) is 3. The molecule has 0 aromatic heterocycles. The number of amides is 5. The number of nitrogens with one attached hydrogen (secondary N) is 3. The average molecular weight is 902 g/mol. The van der Waals surface area contributed by atoms with Crippen LogP contribution in [0.15, 0.2) is 94.4 Å². The van der Waals surface area contributed by atoms with Gasteiger partial charge in [0.1, 0.15) is 16.8 Å². The Bertz CT molecular complexity index is 2280. The average Bonchev–Trinajstić information content (AvgIpc) is 3.59. The van der Waals surface area contributed by atoms with E-state index in [0.29, 0.717) is 24.8 Å². The number of aliphatic hydroxyl groups is 1. The number of fused-ring (bicyclic) bond motifs is 1. The van der Waals surface area contributed by atoms with Gasteiger partial charge in [-0.05, 0) is 102 Å². The number of aliphatic hydroxyl groups excluding tert-OH is 1. The van der Waals surface area contributed by atoms with Crippen molar-refractivity contribution in [3.8, 4) is 0 Å². The van der Waals surface area contributed by atoms with Crippen LogP contribution in [0, 0.1) is 6.92 Å². The van der Waals surface area contributed by atoms with E-state index < -0.39 is 74.6 Å². The number of alkyl carbamates (subject to hydrolysis) is 1. The number of hydrogen-bond acceptors (Lipinski definition) is 11. The predicted octanol–water partition coefficient (Wildman–Crippen LogP) is 4.29. The molecule has 0 spiro atoms. The van der Waals surface area contributed by atoms with Crippen LogP contribution >= 0.6 is 0 Å². The first-order chi connectivity index (χ1) is 30.3. The van der Waals surface area contributed by atoms with Crippen molar-refractivity contribution < 1.29 is 42.2 Å². The van der Waals surface area contributed by atoms with Gasteiger partial charge in [-0.15, -0.1) is 0 Å². The second kappa shape index (κ2) is 21.4. The molecule has 3 aromatic carbocycles. The number of carbonyl (C=O) groups is 5. The second-order valence-electron chi connectivity index (χ2n) is 17.6. The van der Waals surface area contributed by atoms with Crippen LogP contribution in [0.5, 0.6) is 0 Å². The summed E-state index contributed by atoms with van der Waals surface area (Å²) in [5.74, 6) is -3.11. The zero-order valence-electron chi connectivity index (χ0n) is 37.4. The van der Waals surface area contributed by atoms with Crippen molar-refractivity contribution in [2.24, 2.45) is 11.5 Å². The number of rotatable bonds is 20. The highest BCUT2D eigenvalue weighted by Crippen LogP contribution is 2.43. The molecule has 0 bridgehead atoms. The highest BCUT2D eigenvalue weighted by Gasteiger charge is 2.56. The van der Waals surface area contributed by atoms with Crippen LogP contribution in [0.25, 0.3) is 0 Å². The van der Waals surface area contributed by atoms with Crippen LogP contribution in [-0.4, -0.2) is 95.7 Å². The predicted molar refractivity (Wildman–Crippen MR) is 241 cm³/mol. The first kappa shape index (κ1) is 49.4. The highest BCUT2D eigenvalue weighted by molar-refractivity contribution is 7.95. The van der Waals surface area contributed by atoms with Gasteiger partial charge in [0.25, 0.3) is 17.7 Å². The van der Waals surface area contributed by atoms with Gasteiger partial charge in [-0.3, -0.25) is 19.2 Å². The van der Waals surface area contributed by atoms with E-state index in [0.717, 1.165) is 29.0 Å². The molecule has 5 rings (SSSR count). The monoisotopic (exact) mass is 901 g/mol. The molecule has 2 aliphatic rings. The lowest BCUT2D eigenvalue weighted by Crippen LogP contribution is -2.66. The molecule has 346 valence electrons. The van der Waals surface area contributed by atoms with Crippen molar-refractivity contribution >= 4 is 39.6 Å². The summed E-state index contributed by atoms with van der Waals surface area (Å²) in [6.45, 7) is 9.35. The van der Waals surface area contributed by atoms with Gasteiger partial charge < -0.3 is 37.3 Å². The first-order valence-corrected chi connectivity index (χ1v) is 23.4. The molecule has 3 aromatic rings. The fourth-order valence-corrected chi connectivity index (χ4v) is 9.70. The molecular weight excluding hydrogens is 839 g/mol. The Morgan fingerprint density at radius 3 is 2.22 bits per heavy atom. The molecule has 16 nitrogen and oxygen atoms in total. The Labute approximate surface area is 376 Å². The van der Waals surface area contributed by atoms with E-state index in [1.54, 1.807) is 50.0 Å². The van der Waals surface area contributed by atoms with Gasteiger partial charge in [0.05, 0.1) is 21.9 Å². The largest absolute Gasteiger partial charge is 0.444 e. The van der Waals surface area contributed by atoms with Gasteiger partial charge in [0, 0.05) is 25.2 Å². The van der Waals surface area contributed by atoms with Gasteiger partial charge in [0.15, 0.2) is 6.10 Å². The molecule has 5 amide bonds. The molecule has 0 radical (unpaired) electrons. The van der Waals surface area contributed by atoms with E-state index >= 15 is 4.79 Å². The molecular formula is C47H63N7O9S. The van der Waals surface area contributed by atoms with E-state index in [4.69, 9.17) is 16.2 Å². The molecule has 8 N–H and O–H groups in total. The Hall–Kier alpha value is -5.62. The fourth-order valence-electron chi connectivity index (χ4n) is 7.92. The summed E-state index contributed by atoms with van der Waals surface area (Å²) >= 11 is 0. The van der Waals surface area contributed by atoms with Gasteiger partial charge in [0.2, 0.25) is 15.7 Å². The Morgan fingerprint density at radius 1 is 0.922 bits per heavy atom. The van der Waals surface area contributed by atoms with Crippen molar-refractivity contribution in [2.45, 2.75) is 133 Å². The number of hydrazine groups is 1. The van der Waals surface area contributed by atoms with E-state index in [1.165, 1.54) is 24.3 Å². The highest BCUT2D eigenvalue weighted by atomic mass is 32.2. The standard InChI is InChI=1S/C47H63N7O9S/c1-6-7-9-17-37-40(64(61,62)35-24-18-31(2)19-25-35)38(54-44(59)47(49,26-28-53(37)54)29-32-14-10-8-11-15-32)42(57)52-36(16-12-13-27-50-45(60)63-46(3,4)5)39(55)43(58)51-30-33-20-22-34(23-21-33)41(48)56/h8,10-11,14-15,18-25,36-37,39,55H,6-7,9,12-13,16-17,26-30,49H2,1-5H3,(H2,48,56)(H,50,60)(H,51,58)(H,52,57)/t36-,37?,39?,47?/m0/s1. The summed E-state index contributed by atoms with van der Waals surface area (Å²) in [6.07, 6.45) is 0.985. The minimum Gasteiger partial charge on any atom is -0.444 e. The summed E-state index contributed by atoms with van der Waals surface area (Å²) in [6, 6.07) is 19.4. The molecule has 4 atom stereocenters. The number of hydrogen-bond donors (Lipinski definition) is 6. The number of benzene rings is 3. The lowest BCUT2D eigenvalue weighted by atomic mass is 9.85. The molecule has 1 saturated heterocycles. The van der Waals surface area contributed by atoms with E-state index in [1.807, 2.05) is 44.2 Å². The van der Waals surface area contributed by atoms with E-state index in [-0.39, 0.29) is 60.7 Å². The summed E-state index contributed by atoms with van der Waals surface area (Å²) in [4.78, 5) is 67.3. The molecule has 2 heterocycles. The maximum absolute atomic E-state index is 15.1. The number of nitrogens with two attached hydrogens (primary N) is 2. The summed E-state index contributed by atoms with van der Waals surface area (Å²) in [7, 11) is -4.46. The van der Waals surface area contributed by atoms with Crippen molar-refractivity contribution in [2.75, 3.05) is 13.1 Å². The van der Waals surface area contributed by atoms with Crippen LogP contribution in [-0.2, 0) is 41.9 Å². The fraction of sp³-hybridized carbons (Fsp3) is 0.468. The number of ether oxygens (including phenoxy) is 1. The lowest BCUT2D eigenvalue weighted by molar-refractivity contribution is -0.160. The number of sulfone groups is 1. The van der Waals surface area contributed by atoms with Gasteiger partial charge in [-0.25, -0.2) is 23.2 Å². The molecule has 0 aliphatic carbocycles. The second-order valence-corrected chi connectivity index (χ2v) is 19.5. The smallest absolute Gasteiger partial charge is 0.407 e. The minimum absolute atomic E-state index is 0.00336. The van der Waals surface area contributed by atoms with Gasteiger partial charge >= 0.3 is 6.09 Å². The molecule has 1 fully saturated rings. The maximum Gasteiger partial charge on any atom is 0.407 e. The molecule has 2 aliphatic heterocycles. The first-order valence-electron chi connectivity index (χ1n) is 21.9. The SMILES string of the molecule is CCCCCC1C(S(=O)(=O)c2ccc(C)cc2)=C(C(=O)N[C@@H](CCCCNC(=O)OC(C)(C)C)C(O)C(=O)NCc2ccc(C(N)=O)cc2)N2C(=O)C(N)(Cc3ccccc3)CCN12. The van der Waals surface area contributed by atoms with Crippen LogP contribution in [0.2, 0.25) is 0 Å². The number of aryl methyl sites for hydroxylation is 1. The Kier molecular flexibility index (Phi) is 16.5. The van der Waals surface area contributed by atoms with Crippen LogP contribution in [0.1, 0.15) is 106 Å². The van der Waals surface area contributed by atoms with Crippen LogP contribution in [0.4, 0.5) is 4.79 Å². The van der Waals surface area contributed by atoms with Crippen LogP contribution in [0.3, 0.4) is 0 Å². The topological polar surface area (TPSA) is 244 Å². The Morgan fingerprint density at radius 2 is 1.59 bits per heavy atom. The molecule has 17 heteroatoms. The van der Waals surface area contributed by atoms with E-state index in [9.17, 15) is 32.7 Å². The number of nitrogens with zero attached hydrogens (tertiary/aromatic N) is 2. The van der Waals surface area contributed by atoms with Crippen molar-refractivity contribution in [1.82, 2.24) is 26.0 Å². The van der Waals surface area contributed by atoms with Crippen molar-refractivity contribution in [3.63, 3.8) is 0 Å². The Balaban J connectivity index is 1.53. The summed E-state index contributed by atoms with van der Waals surface area (Å²) < 4.78 is 35.3. The molecule has 3 unspecified atom stereocenters. The quantitative estimate of drug-likeness (QED) is 0.0874. The van der Waals surface area contributed by atoms with Crippen molar-refractivity contribution in [1.29, 1.82) is 0 Å². The lowest BCUT2D eigenvalue weighted by Gasteiger charge is -2.45. The van der Waals surface area contributed by atoms with Crippen LogP contribution < -0.4 is 27.4 Å². The zero-order chi connectivity index (χ0) is 46.8. The normalized spacial score (nSPS) is 18.8. The zero-order valence-corrected chi connectivity index (χ0v) is 38.2. The van der Waals surface area contributed by atoms with Gasteiger partial charge in [-0.2, -0.15) is 0 Å². The van der Waals surface area contributed by atoms with E-state index in [2.05, 4.69) is 16.0 Å².